The Labute approximate surface area is 195 Å². The summed E-state index contributed by atoms with van der Waals surface area (Å²) in [6.07, 6.45) is 3.82. The molecule has 2 aromatic heterocycles. The number of halogens is 4. The van der Waals surface area contributed by atoms with Gasteiger partial charge in [0.25, 0.3) is 10.0 Å². The molecule has 0 saturated carbocycles. The summed E-state index contributed by atoms with van der Waals surface area (Å²) < 4.78 is 68.8. The molecule has 11 heteroatoms. The number of rotatable bonds is 7. The fourth-order valence-corrected chi connectivity index (χ4v) is 4.84. The molecule has 0 atom stereocenters. The summed E-state index contributed by atoms with van der Waals surface area (Å²) in [5.74, 6) is -0.550. The van der Waals surface area contributed by atoms with E-state index in [2.05, 4.69) is 10.4 Å². The molecular weight excluding hydrogens is 477 g/mol. The number of aromatic nitrogens is 3. The first-order valence-corrected chi connectivity index (χ1v) is 11.0. The highest BCUT2D eigenvalue weighted by molar-refractivity contribution is 7.90. The number of benzene rings is 2. The van der Waals surface area contributed by atoms with Crippen LogP contribution in [0.2, 0.25) is 0 Å². The molecule has 0 unspecified atom stereocenters. The molecule has 0 aliphatic heterocycles. The van der Waals surface area contributed by atoms with E-state index in [-0.39, 0.29) is 28.6 Å². The fraction of sp³-hybridized carbons (Fsp3) is 0.136. The van der Waals surface area contributed by atoms with Crippen LogP contribution in [-0.2, 0) is 16.6 Å². The van der Waals surface area contributed by atoms with Crippen LogP contribution in [0.4, 0.5) is 13.2 Å². The fourth-order valence-electron chi connectivity index (χ4n) is 3.41. The van der Waals surface area contributed by atoms with E-state index in [1.54, 1.807) is 25.2 Å². The van der Waals surface area contributed by atoms with E-state index >= 15 is 0 Å². The first kappa shape index (κ1) is 24.6. The first-order chi connectivity index (χ1) is 15.3. The summed E-state index contributed by atoms with van der Waals surface area (Å²) in [5, 5.41) is 6.54. The van der Waals surface area contributed by atoms with E-state index in [4.69, 9.17) is 0 Å². The Morgan fingerprint density at radius 3 is 2.45 bits per heavy atom. The molecule has 0 bridgehead atoms. The van der Waals surface area contributed by atoms with E-state index in [0.717, 1.165) is 10.2 Å². The second kappa shape index (κ2) is 9.82. The maximum absolute atomic E-state index is 14.5. The predicted molar refractivity (Wildman–Crippen MR) is 121 cm³/mol. The van der Waals surface area contributed by atoms with Crippen molar-refractivity contribution in [1.82, 2.24) is 19.1 Å². The molecule has 0 spiro atoms. The van der Waals surface area contributed by atoms with Gasteiger partial charge in [-0.05, 0) is 48.5 Å². The smallest absolute Gasteiger partial charge is 0.316 e. The minimum atomic E-state index is -4.13. The van der Waals surface area contributed by atoms with E-state index in [9.17, 15) is 21.6 Å². The minimum Gasteiger partial charge on any atom is -0.316 e. The lowest BCUT2D eigenvalue weighted by Gasteiger charge is -2.12. The normalized spacial score (nSPS) is 11.5. The van der Waals surface area contributed by atoms with Gasteiger partial charge in [-0.1, -0.05) is 24.3 Å². The van der Waals surface area contributed by atoms with Gasteiger partial charge in [-0.3, -0.25) is 0 Å². The van der Waals surface area contributed by atoms with Crippen LogP contribution < -0.4 is 5.32 Å². The molecule has 4 rings (SSSR count). The van der Waals surface area contributed by atoms with Gasteiger partial charge in [0.15, 0.2) is 0 Å². The second-order valence-corrected chi connectivity index (χ2v) is 8.87. The summed E-state index contributed by atoms with van der Waals surface area (Å²) in [6, 6.07) is 13.4. The highest BCUT2D eigenvalue weighted by atomic mass is 35.5. The predicted octanol–water partition coefficient (Wildman–Crippen LogP) is 4.93. The lowest BCUT2D eigenvalue weighted by Crippen LogP contribution is -2.14. The monoisotopic (exact) mass is 496 g/mol. The maximum Gasteiger partial charge on any atom is 0.333 e. The van der Waals surface area contributed by atoms with Crippen LogP contribution in [0.3, 0.4) is 0 Å². The third-order valence-electron chi connectivity index (χ3n) is 4.90. The zero-order valence-electron chi connectivity index (χ0n) is 17.3. The molecule has 1 N–H and O–H groups in total. The summed E-state index contributed by atoms with van der Waals surface area (Å²) in [7, 11) is -2.41. The van der Waals surface area contributed by atoms with Crippen molar-refractivity contribution >= 4 is 22.4 Å². The molecule has 0 radical (unpaired) electrons. The van der Waals surface area contributed by atoms with Gasteiger partial charge in [0.2, 0.25) is 0 Å². The quantitative estimate of drug-likeness (QED) is 0.394. The zero-order valence-corrected chi connectivity index (χ0v) is 19.0. The van der Waals surface area contributed by atoms with Crippen LogP contribution in [0.5, 0.6) is 0 Å². The Kier molecular flexibility index (Phi) is 7.31. The Hall–Kier alpha value is -3.08. The first-order valence-electron chi connectivity index (χ1n) is 9.60. The molecule has 0 fully saturated rings. The van der Waals surface area contributed by atoms with E-state index in [1.165, 1.54) is 48.8 Å². The van der Waals surface area contributed by atoms with E-state index in [1.807, 2.05) is 0 Å². The molecule has 4 aromatic rings. The van der Waals surface area contributed by atoms with Gasteiger partial charge in [0, 0.05) is 30.1 Å². The SMILES string of the molecule is CNCc1cc(-c2ccccc2F)n(S(=O)(=O)c2cccc(-c3cnn(C(F)F)c3)c2)c1.Cl. The topological polar surface area (TPSA) is 68.9 Å². The van der Waals surface area contributed by atoms with Crippen LogP contribution in [-0.4, -0.2) is 29.2 Å². The van der Waals surface area contributed by atoms with Crippen molar-refractivity contribution in [3.05, 3.63) is 84.6 Å². The van der Waals surface area contributed by atoms with Crippen molar-refractivity contribution < 1.29 is 21.6 Å². The van der Waals surface area contributed by atoms with Gasteiger partial charge in [-0.2, -0.15) is 13.9 Å². The van der Waals surface area contributed by atoms with Crippen molar-refractivity contribution in [2.75, 3.05) is 7.05 Å². The molecule has 174 valence electrons. The van der Waals surface area contributed by atoms with Crippen LogP contribution in [0, 0.1) is 5.82 Å². The Morgan fingerprint density at radius 2 is 1.79 bits per heavy atom. The van der Waals surface area contributed by atoms with Crippen LogP contribution in [0.15, 0.2) is 78.1 Å². The van der Waals surface area contributed by atoms with E-state index < -0.39 is 22.4 Å². The number of nitrogens with zero attached hydrogens (tertiary/aromatic N) is 3. The molecule has 0 aliphatic carbocycles. The van der Waals surface area contributed by atoms with Gasteiger partial charge in [0.1, 0.15) is 5.82 Å². The summed E-state index contributed by atoms with van der Waals surface area (Å²) in [6.45, 7) is -2.42. The highest BCUT2D eigenvalue weighted by Crippen LogP contribution is 2.30. The Morgan fingerprint density at radius 1 is 1.03 bits per heavy atom. The maximum atomic E-state index is 14.5. The number of alkyl halides is 2. The third-order valence-corrected chi connectivity index (χ3v) is 6.57. The summed E-state index contributed by atoms with van der Waals surface area (Å²) >= 11 is 0. The van der Waals surface area contributed by atoms with Crippen LogP contribution >= 0.6 is 12.4 Å². The largest absolute Gasteiger partial charge is 0.333 e. The van der Waals surface area contributed by atoms with Gasteiger partial charge in [-0.15, -0.1) is 12.4 Å². The van der Waals surface area contributed by atoms with Crippen molar-refractivity contribution in [3.8, 4) is 22.4 Å². The van der Waals surface area contributed by atoms with Crippen molar-refractivity contribution in [2.24, 2.45) is 0 Å². The highest BCUT2D eigenvalue weighted by Gasteiger charge is 2.24. The molecule has 2 aromatic carbocycles. The van der Waals surface area contributed by atoms with Crippen molar-refractivity contribution in [1.29, 1.82) is 0 Å². The second-order valence-electron chi connectivity index (χ2n) is 7.06. The van der Waals surface area contributed by atoms with Gasteiger partial charge in [-0.25, -0.2) is 21.5 Å². The lowest BCUT2D eigenvalue weighted by molar-refractivity contribution is 0.0566. The summed E-state index contributed by atoms with van der Waals surface area (Å²) in [4.78, 5) is -0.0657. The van der Waals surface area contributed by atoms with Gasteiger partial charge in [0.05, 0.1) is 16.8 Å². The number of hydrogen-bond acceptors (Lipinski definition) is 4. The molecule has 0 aliphatic rings. The third kappa shape index (κ3) is 4.82. The Bertz CT molecular complexity index is 1370. The molecule has 0 amide bonds. The zero-order chi connectivity index (χ0) is 22.9. The van der Waals surface area contributed by atoms with Gasteiger partial charge < -0.3 is 5.32 Å². The number of hydrogen-bond donors (Lipinski definition) is 1. The molecule has 6 nitrogen and oxygen atoms in total. The van der Waals surface area contributed by atoms with Crippen LogP contribution in [0.1, 0.15) is 12.1 Å². The minimum absolute atomic E-state index is 0. The molecule has 2 heterocycles. The van der Waals surface area contributed by atoms with Crippen molar-refractivity contribution in [2.45, 2.75) is 18.0 Å². The van der Waals surface area contributed by atoms with Crippen molar-refractivity contribution in [3.63, 3.8) is 0 Å². The molecular formula is C22H20ClF3N4O2S. The Balaban J connectivity index is 0.00000306. The number of nitrogens with one attached hydrogen (secondary N) is 1. The molecule has 33 heavy (non-hydrogen) atoms. The average molecular weight is 497 g/mol. The lowest BCUT2D eigenvalue weighted by atomic mass is 10.1. The van der Waals surface area contributed by atoms with Gasteiger partial charge >= 0.3 is 6.55 Å². The standard InChI is InChI=1S/C22H19F3N4O2S.ClH/c1-26-11-15-9-21(19-7-2-3-8-20(19)23)29(13-15)32(30,31)18-6-4-5-16(10-18)17-12-27-28(14-17)22(24)25;/h2-10,12-14,22,26H,11H2,1H3;1H. The summed E-state index contributed by atoms with van der Waals surface area (Å²) in [5.41, 5.74) is 1.74. The van der Waals surface area contributed by atoms with E-state index in [0.29, 0.717) is 27.9 Å². The average Bonchev–Trinajstić information content (AvgIpc) is 3.43. The van der Waals surface area contributed by atoms with Crippen LogP contribution in [0.25, 0.3) is 22.4 Å². The molecule has 0 saturated heterocycles.